The Morgan fingerprint density at radius 1 is 1.00 bits per heavy atom. The number of hydrogen-bond donors (Lipinski definition) is 2. The van der Waals surface area contributed by atoms with Crippen molar-refractivity contribution in [3.8, 4) is 0 Å². The first-order chi connectivity index (χ1) is 15.1. The van der Waals surface area contributed by atoms with Gasteiger partial charge >= 0.3 is 0 Å². The first-order valence-corrected chi connectivity index (χ1v) is 10.3. The Bertz CT molecular complexity index is 1210. The summed E-state index contributed by atoms with van der Waals surface area (Å²) in [6.07, 6.45) is 3.61. The molecule has 1 aromatic heterocycles. The third-order valence-corrected chi connectivity index (χ3v) is 6.22. The molecule has 1 aliphatic rings. The average Bonchev–Trinajstić information content (AvgIpc) is 3.37. The van der Waals surface area contributed by atoms with E-state index in [-0.39, 0.29) is 11.8 Å². The second-order valence-corrected chi connectivity index (χ2v) is 7.94. The Morgan fingerprint density at radius 2 is 1.71 bits per heavy atom. The maximum absolute atomic E-state index is 12.7. The van der Waals surface area contributed by atoms with E-state index >= 15 is 0 Å². The second kappa shape index (κ2) is 7.52. The number of fused-ring (bicyclic) bond motifs is 1. The number of carbonyl (C=O) groups is 1. The molecule has 2 atom stereocenters. The van der Waals surface area contributed by atoms with Gasteiger partial charge in [-0.25, -0.2) is 4.98 Å². The number of amides is 1. The third kappa shape index (κ3) is 3.14. The van der Waals surface area contributed by atoms with E-state index in [4.69, 9.17) is 0 Å². The molecular weight excluding hydrogens is 386 g/mol. The Hall–Kier alpha value is -3.70. The lowest BCUT2D eigenvalue weighted by Crippen LogP contribution is -2.35. The molecule has 0 aliphatic carbocycles. The van der Waals surface area contributed by atoms with E-state index in [1.165, 1.54) is 0 Å². The largest absolute Gasteiger partial charge is 0.374 e. The summed E-state index contributed by atoms with van der Waals surface area (Å²) >= 11 is 0. The minimum atomic E-state index is -1.39. The number of H-pyrrole nitrogens is 1. The van der Waals surface area contributed by atoms with Crippen molar-refractivity contribution in [1.82, 2.24) is 9.97 Å². The number of nitrogens with zero attached hydrogens (tertiary/aromatic N) is 2. The van der Waals surface area contributed by atoms with Crippen molar-refractivity contribution in [2.45, 2.75) is 17.9 Å². The molecular formula is C26H23N3O2. The number of aromatic amines is 1. The Kier molecular flexibility index (Phi) is 4.68. The monoisotopic (exact) mass is 409 g/mol. The smallest absolute Gasteiger partial charge is 0.227 e. The van der Waals surface area contributed by atoms with Crippen LogP contribution in [-0.2, 0) is 10.4 Å². The summed E-state index contributed by atoms with van der Waals surface area (Å²) < 4.78 is 0. The number of nitrogens with one attached hydrogen (secondary N) is 1. The molecule has 154 valence electrons. The van der Waals surface area contributed by atoms with Crippen molar-refractivity contribution in [3.05, 3.63) is 119 Å². The molecule has 0 bridgehead atoms. The molecule has 2 heterocycles. The minimum absolute atomic E-state index is 0.0679. The molecule has 1 amide bonds. The summed E-state index contributed by atoms with van der Waals surface area (Å²) in [5.74, 6) is 0.0163. The molecule has 0 saturated carbocycles. The predicted molar refractivity (Wildman–Crippen MR) is 120 cm³/mol. The van der Waals surface area contributed by atoms with Crippen LogP contribution in [0.4, 0.5) is 5.69 Å². The van der Waals surface area contributed by atoms with Crippen molar-refractivity contribution in [2.75, 3.05) is 11.9 Å². The van der Waals surface area contributed by atoms with Crippen LogP contribution in [0, 0.1) is 0 Å². The fourth-order valence-electron chi connectivity index (χ4n) is 4.51. The standard InChI is InChI=1S/C26H23N3O2/c1-29-23-13-12-20(14-22(23)21(15-25(29)30)18-8-4-2-5-9-18)26(31,24-16-27-17-28-24)19-10-6-3-7-11-19/h2-14,16-17,21,31H,15H2,1H3,(H,27,28). The number of benzene rings is 3. The number of imidazole rings is 1. The van der Waals surface area contributed by atoms with E-state index < -0.39 is 5.60 Å². The van der Waals surface area contributed by atoms with E-state index in [0.29, 0.717) is 12.1 Å². The van der Waals surface area contributed by atoms with Gasteiger partial charge in [0.2, 0.25) is 5.91 Å². The highest BCUT2D eigenvalue weighted by molar-refractivity contribution is 5.97. The molecule has 3 aromatic carbocycles. The lowest BCUT2D eigenvalue weighted by molar-refractivity contribution is -0.118. The van der Waals surface area contributed by atoms with Gasteiger partial charge in [0.25, 0.3) is 0 Å². The summed E-state index contributed by atoms with van der Waals surface area (Å²) in [6, 6.07) is 25.5. The van der Waals surface area contributed by atoms with Gasteiger partial charge < -0.3 is 15.0 Å². The van der Waals surface area contributed by atoms with Gasteiger partial charge in [-0.15, -0.1) is 0 Å². The molecule has 31 heavy (non-hydrogen) atoms. The fraction of sp³-hybridized carbons (Fsp3) is 0.154. The van der Waals surface area contributed by atoms with Crippen LogP contribution < -0.4 is 4.90 Å². The molecule has 4 aromatic rings. The molecule has 0 radical (unpaired) electrons. The van der Waals surface area contributed by atoms with Gasteiger partial charge in [0.15, 0.2) is 5.60 Å². The zero-order valence-corrected chi connectivity index (χ0v) is 17.2. The molecule has 0 fully saturated rings. The van der Waals surface area contributed by atoms with Crippen molar-refractivity contribution in [3.63, 3.8) is 0 Å². The lowest BCUT2D eigenvalue weighted by Gasteiger charge is -2.35. The van der Waals surface area contributed by atoms with E-state index in [9.17, 15) is 9.90 Å². The highest BCUT2D eigenvalue weighted by Gasteiger charge is 2.38. The molecule has 5 heteroatoms. The molecule has 5 nitrogen and oxygen atoms in total. The van der Waals surface area contributed by atoms with Crippen LogP contribution in [0.5, 0.6) is 0 Å². The van der Waals surface area contributed by atoms with Gasteiger partial charge in [-0.1, -0.05) is 66.7 Å². The van der Waals surface area contributed by atoms with Crippen molar-refractivity contribution < 1.29 is 9.90 Å². The van der Waals surface area contributed by atoms with Crippen molar-refractivity contribution in [2.24, 2.45) is 0 Å². The third-order valence-electron chi connectivity index (χ3n) is 6.22. The van der Waals surface area contributed by atoms with Crippen LogP contribution >= 0.6 is 0 Å². The average molecular weight is 409 g/mol. The molecule has 2 N–H and O–H groups in total. The Morgan fingerprint density at radius 3 is 2.39 bits per heavy atom. The van der Waals surface area contributed by atoms with Crippen LogP contribution in [0.25, 0.3) is 0 Å². The zero-order valence-electron chi connectivity index (χ0n) is 17.2. The summed E-state index contributed by atoms with van der Waals surface area (Å²) in [4.78, 5) is 21.6. The van der Waals surface area contributed by atoms with E-state index in [1.807, 2.05) is 66.7 Å². The Labute approximate surface area is 181 Å². The molecule has 0 saturated heterocycles. The highest BCUT2D eigenvalue weighted by Crippen LogP contribution is 2.43. The van der Waals surface area contributed by atoms with Gasteiger partial charge in [-0.2, -0.15) is 0 Å². The van der Waals surface area contributed by atoms with Gasteiger partial charge in [0.1, 0.15) is 0 Å². The fourth-order valence-corrected chi connectivity index (χ4v) is 4.51. The van der Waals surface area contributed by atoms with E-state index in [1.54, 1.807) is 24.5 Å². The first-order valence-electron chi connectivity index (χ1n) is 10.3. The number of hydrogen-bond acceptors (Lipinski definition) is 3. The van der Waals surface area contributed by atoms with Crippen LogP contribution in [0.3, 0.4) is 0 Å². The molecule has 1 aliphatic heterocycles. The van der Waals surface area contributed by atoms with Gasteiger partial charge in [0.05, 0.1) is 18.2 Å². The van der Waals surface area contributed by atoms with Crippen LogP contribution in [0.1, 0.15) is 40.3 Å². The number of aromatic nitrogens is 2. The lowest BCUT2D eigenvalue weighted by atomic mass is 9.78. The number of carbonyl (C=O) groups excluding carboxylic acids is 1. The zero-order chi connectivity index (χ0) is 21.4. The SMILES string of the molecule is CN1C(=O)CC(c2ccccc2)c2cc(C(O)(c3ccccc3)c3cnc[nH]3)ccc21. The maximum atomic E-state index is 12.7. The Balaban J connectivity index is 1.72. The second-order valence-electron chi connectivity index (χ2n) is 7.94. The summed E-state index contributed by atoms with van der Waals surface area (Å²) in [5.41, 5.74) is 3.66. The van der Waals surface area contributed by atoms with Crippen LogP contribution in [-0.4, -0.2) is 28.0 Å². The predicted octanol–water partition coefficient (Wildman–Crippen LogP) is 4.19. The molecule has 2 unspecified atom stereocenters. The number of aliphatic hydroxyl groups is 1. The number of anilines is 1. The summed E-state index contributed by atoms with van der Waals surface area (Å²) in [6.45, 7) is 0. The normalized spacial score (nSPS) is 17.8. The van der Waals surface area contributed by atoms with Gasteiger partial charge in [-0.05, 0) is 34.4 Å². The molecule has 0 spiro atoms. The van der Waals surface area contributed by atoms with Gasteiger partial charge in [-0.3, -0.25) is 4.79 Å². The van der Waals surface area contributed by atoms with Crippen molar-refractivity contribution >= 4 is 11.6 Å². The topological polar surface area (TPSA) is 69.2 Å². The van der Waals surface area contributed by atoms with Gasteiger partial charge in [0, 0.05) is 25.1 Å². The van der Waals surface area contributed by atoms with Crippen molar-refractivity contribution in [1.29, 1.82) is 0 Å². The van der Waals surface area contributed by atoms with Crippen LogP contribution in [0.15, 0.2) is 91.4 Å². The highest BCUT2D eigenvalue weighted by atomic mass is 16.3. The molecule has 5 rings (SSSR count). The summed E-state index contributed by atoms with van der Waals surface area (Å²) in [5, 5.41) is 12.0. The maximum Gasteiger partial charge on any atom is 0.227 e. The summed E-state index contributed by atoms with van der Waals surface area (Å²) in [7, 11) is 1.81. The van der Waals surface area contributed by atoms with E-state index in [0.717, 1.165) is 27.9 Å². The minimum Gasteiger partial charge on any atom is -0.374 e. The number of rotatable bonds is 4. The first kappa shape index (κ1) is 19.3. The van der Waals surface area contributed by atoms with Crippen LogP contribution in [0.2, 0.25) is 0 Å². The quantitative estimate of drug-likeness (QED) is 0.531. The van der Waals surface area contributed by atoms with E-state index in [2.05, 4.69) is 22.1 Å².